The first kappa shape index (κ1) is 13.9. The smallest absolute Gasteiger partial charge is 0.330 e. The number of fused-ring (bicyclic) bond motifs is 1. The summed E-state index contributed by atoms with van der Waals surface area (Å²) in [6.45, 7) is 0.0931. The first-order chi connectivity index (χ1) is 9.43. The lowest BCUT2D eigenvalue weighted by atomic mass is 9.95. The molecule has 1 amide bonds. The van der Waals surface area contributed by atoms with Crippen LogP contribution >= 0.6 is 11.3 Å². The Labute approximate surface area is 117 Å². The van der Waals surface area contributed by atoms with Crippen molar-refractivity contribution in [2.45, 2.75) is 37.7 Å². The summed E-state index contributed by atoms with van der Waals surface area (Å²) in [5.74, 6) is -6.21. The summed E-state index contributed by atoms with van der Waals surface area (Å²) in [5, 5.41) is 1.86. The minimum atomic E-state index is -4.60. The second-order valence-electron chi connectivity index (χ2n) is 5.25. The number of nitrogens with zero attached hydrogens (tertiary/aromatic N) is 1. The largest absolute Gasteiger partial charge is 0.383 e. The maximum atomic E-state index is 13.3. The molecule has 7 heteroatoms. The van der Waals surface area contributed by atoms with Crippen molar-refractivity contribution >= 4 is 17.2 Å². The van der Waals surface area contributed by atoms with Crippen LogP contribution in [-0.4, -0.2) is 29.7 Å². The summed E-state index contributed by atoms with van der Waals surface area (Å²) in [4.78, 5) is 13.9. The Hall–Kier alpha value is -1.11. The number of hydrogen-bond donors (Lipinski definition) is 0. The molecule has 110 valence electrons. The topological polar surface area (TPSA) is 20.3 Å². The molecular formula is C13H13F4NOS. The van der Waals surface area contributed by atoms with Crippen molar-refractivity contribution in [1.82, 2.24) is 4.90 Å². The number of alkyl halides is 4. The third-order valence-electron chi connectivity index (χ3n) is 3.90. The van der Waals surface area contributed by atoms with Crippen molar-refractivity contribution in [3.05, 3.63) is 21.9 Å². The molecule has 0 bridgehead atoms. The van der Waals surface area contributed by atoms with Gasteiger partial charge in [0.25, 0.3) is 5.91 Å². The van der Waals surface area contributed by atoms with Crippen LogP contribution in [0.5, 0.6) is 0 Å². The maximum Gasteiger partial charge on any atom is 0.383 e. The van der Waals surface area contributed by atoms with Crippen LogP contribution < -0.4 is 0 Å². The molecule has 1 unspecified atom stereocenters. The lowest BCUT2D eigenvalue weighted by Crippen LogP contribution is -2.51. The summed E-state index contributed by atoms with van der Waals surface area (Å²) in [5.41, 5.74) is 0.863. The van der Waals surface area contributed by atoms with Crippen molar-refractivity contribution in [2.75, 3.05) is 6.54 Å². The molecule has 0 aromatic carbocycles. The number of carbonyl (C=O) groups is 1. The first-order valence-electron chi connectivity index (χ1n) is 6.46. The van der Waals surface area contributed by atoms with Gasteiger partial charge in [0.2, 0.25) is 0 Å². The van der Waals surface area contributed by atoms with Crippen molar-refractivity contribution in [3.63, 3.8) is 0 Å². The fourth-order valence-electron chi connectivity index (χ4n) is 2.78. The van der Waals surface area contributed by atoms with Crippen molar-refractivity contribution in [2.24, 2.45) is 5.92 Å². The van der Waals surface area contributed by atoms with Gasteiger partial charge in [0.1, 0.15) is 0 Å². The van der Waals surface area contributed by atoms with Gasteiger partial charge in [0.05, 0.1) is 6.04 Å². The fraction of sp³-hybridized carbons (Fsp3) is 0.615. The molecule has 0 saturated heterocycles. The highest BCUT2D eigenvalue weighted by Crippen LogP contribution is 2.49. The first-order valence-corrected chi connectivity index (χ1v) is 7.34. The van der Waals surface area contributed by atoms with E-state index in [1.165, 1.54) is 11.3 Å². The van der Waals surface area contributed by atoms with E-state index in [1.807, 2.05) is 11.4 Å². The van der Waals surface area contributed by atoms with E-state index in [0.29, 0.717) is 6.42 Å². The molecule has 1 aliphatic heterocycles. The number of halogens is 4. The monoisotopic (exact) mass is 307 g/mol. The van der Waals surface area contributed by atoms with E-state index in [0.717, 1.165) is 28.2 Å². The van der Waals surface area contributed by atoms with Gasteiger partial charge in [0, 0.05) is 11.4 Å². The molecule has 2 nitrogen and oxygen atoms in total. The minimum Gasteiger partial charge on any atom is -0.330 e. The Morgan fingerprint density at radius 1 is 1.40 bits per heavy atom. The van der Waals surface area contributed by atoms with Crippen LogP contribution in [0.1, 0.15) is 29.3 Å². The molecule has 20 heavy (non-hydrogen) atoms. The molecule has 2 aliphatic rings. The van der Waals surface area contributed by atoms with E-state index in [9.17, 15) is 22.4 Å². The zero-order valence-corrected chi connectivity index (χ0v) is 11.3. The van der Waals surface area contributed by atoms with Crippen molar-refractivity contribution in [3.8, 4) is 0 Å². The van der Waals surface area contributed by atoms with Gasteiger partial charge in [-0.1, -0.05) is 0 Å². The molecule has 1 aromatic heterocycles. The van der Waals surface area contributed by atoms with Crippen LogP contribution in [0.4, 0.5) is 17.6 Å². The van der Waals surface area contributed by atoms with Crippen molar-refractivity contribution in [1.29, 1.82) is 0 Å². The average Bonchev–Trinajstić information content (AvgIpc) is 3.13. The number of hydrogen-bond acceptors (Lipinski definition) is 2. The molecule has 2 heterocycles. The van der Waals surface area contributed by atoms with Crippen LogP contribution in [0, 0.1) is 5.92 Å². The second kappa shape index (κ2) is 4.72. The van der Waals surface area contributed by atoms with E-state index in [4.69, 9.17) is 0 Å². The molecule has 0 radical (unpaired) electrons. The maximum absolute atomic E-state index is 13.3. The lowest BCUT2D eigenvalue weighted by molar-refractivity contribution is -0.184. The molecule has 1 atom stereocenters. The molecular weight excluding hydrogens is 294 g/mol. The molecule has 1 aromatic rings. The highest BCUT2D eigenvalue weighted by atomic mass is 32.1. The van der Waals surface area contributed by atoms with E-state index in [2.05, 4.69) is 0 Å². The molecule has 0 spiro atoms. The van der Waals surface area contributed by atoms with Gasteiger partial charge in [-0.15, -0.1) is 11.3 Å². The van der Waals surface area contributed by atoms with Gasteiger partial charge in [-0.05, 0) is 42.2 Å². The Balaban J connectivity index is 1.92. The summed E-state index contributed by atoms with van der Waals surface area (Å²) in [7, 11) is 0. The summed E-state index contributed by atoms with van der Waals surface area (Å²) < 4.78 is 51.5. The standard InChI is InChI=1S/C13H13F4NOS/c14-11(15)13(16,17)12(19)18-5-3-9-8(4-6-20-9)10(18)7-1-2-7/h4,6-7,10-11H,1-3,5H2. The molecule has 3 rings (SSSR count). The Morgan fingerprint density at radius 2 is 2.10 bits per heavy atom. The number of rotatable bonds is 3. The van der Waals surface area contributed by atoms with E-state index in [-0.39, 0.29) is 12.5 Å². The SMILES string of the molecule is O=C(N1CCc2sccc2C1C1CC1)C(F)(F)C(F)F. The van der Waals surface area contributed by atoms with Gasteiger partial charge in [-0.2, -0.15) is 8.78 Å². The van der Waals surface area contributed by atoms with Gasteiger partial charge in [0.15, 0.2) is 0 Å². The molecule has 1 saturated carbocycles. The van der Waals surface area contributed by atoms with E-state index < -0.39 is 24.3 Å². The minimum absolute atomic E-state index is 0.0931. The van der Waals surface area contributed by atoms with Gasteiger partial charge < -0.3 is 4.90 Å². The highest BCUT2D eigenvalue weighted by molar-refractivity contribution is 7.10. The van der Waals surface area contributed by atoms with E-state index >= 15 is 0 Å². The summed E-state index contributed by atoms with van der Waals surface area (Å²) in [6.07, 6.45) is -1.80. The normalized spacial score (nSPS) is 23.1. The Kier molecular flexibility index (Phi) is 3.27. The number of thiophene rings is 1. The van der Waals surface area contributed by atoms with Crippen LogP contribution in [0.3, 0.4) is 0 Å². The van der Waals surface area contributed by atoms with Crippen LogP contribution in [0.2, 0.25) is 0 Å². The lowest BCUT2D eigenvalue weighted by Gasteiger charge is -2.37. The van der Waals surface area contributed by atoms with Gasteiger partial charge >= 0.3 is 12.3 Å². The zero-order valence-electron chi connectivity index (χ0n) is 10.5. The third kappa shape index (κ3) is 2.12. The van der Waals surface area contributed by atoms with Gasteiger partial charge in [-0.3, -0.25) is 4.79 Å². The highest BCUT2D eigenvalue weighted by Gasteiger charge is 2.54. The van der Waals surface area contributed by atoms with Gasteiger partial charge in [-0.25, -0.2) is 8.78 Å². The number of amides is 1. The molecule has 1 fully saturated rings. The Bertz CT molecular complexity index is 526. The Morgan fingerprint density at radius 3 is 2.70 bits per heavy atom. The fourth-order valence-corrected chi connectivity index (χ4v) is 3.69. The second-order valence-corrected chi connectivity index (χ2v) is 6.25. The summed E-state index contributed by atoms with van der Waals surface area (Å²) in [6, 6.07) is 1.37. The van der Waals surface area contributed by atoms with Crippen molar-refractivity contribution < 1.29 is 22.4 Å². The predicted molar refractivity (Wildman–Crippen MR) is 66.2 cm³/mol. The molecule has 1 aliphatic carbocycles. The summed E-state index contributed by atoms with van der Waals surface area (Å²) >= 11 is 1.53. The van der Waals surface area contributed by atoms with Crippen LogP contribution in [0.25, 0.3) is 0 Å². The van der Waals surface area contributed by atoms with Crippen LogP contribution in [0.15, 0.2) is 11.4 Å². The van der Waals surface area contributed by atoms with E-state index in [1.54, 1.807) is 0 Å². The van der Waals surface area contributed by atoms with Crippen LogP contribution in [-0.2, 0) is 11.2 Å². The third-order valence-corrected chi connectivity index (χ3v) is 4.90. The zero-order chi connectivity index (χ0) is 14.5. The molecule has 0 N–H and O–H groups in total. The average molecular weight is 307 g/mol. The predicted octanol–water partition coefficient (Wildman–Crippen LogP) is 3.48. The number of carbonyl (C=O) groups excluding carboxylic acids is 1. The quantitative estimate of drug-likeness (QED) is 0.783.